The average molecular weight is 494 g/mol. The van der Waals surface area contributed by atoms with Crippen molar-refractivity contribution in [2.75, 3.05) is 32.8 Å². The van der Waals surface area contributed by atoms with Gasteiger partial charge in [-0.1, -0.05) is 48.0 Å². The fraction of sp³-hybridized carbons (Fsp3) is 0.586. The highest BCUT2D eigenvalue weighted by Gasteiger charge is 2.52. The summed E-state index contributed by atoms with van der Waals surface area (Å²) < 4.78 is 5.71. The Morgan fingerprint density at radius 1 is 1.11 bits per heavy atom. The molecule has 1 aromatic heterocycles. The Hall–Kier alpha value is -1.95. The number of halogens is 1. The maximum absolute atomic E-state index is 14.5. The summed E-state index contributed by atoms with van der Waals surface area (Å²) >= 11 is 6.25. The zero-order valence-corrected chi connectivity index (χ0v) is 21.2. The van der Waals surface area contributed by atoms with E-state index in [4.69, 9.17) is 16.3 Å². The first-order valence-electron chi connectivity index (χ1n) is 13.5. The van der Waals surface area contributed by atoms with E-state index in [-0.39, 0.29) is 17.4 Å². The number of benzene rings is 1. The molecule has 6 rings (SSSR count). The number of fused-ring (bicyclic) bond motifs is 2. The molecule has 1 aliphatic carbocycles. The molecule has 0 saturated carbocycles. The molecular weight excluding hydrogens is 458 g/mol. The monoisotopic (exact) mass is 493 g/mol. The van der Waals surface area contributed by atoms with Gasteiger partial charge in [0.2, 0.25) is 5.91 Å². The first-order chi connectivity index (χ1) is 17.2. The van der Waals surface area contributed by atoms with Gasteiger partial charge in [0, 0.05) is 50.0 Å². The number of pyridine rings is 1. The highest BCUT2D eigenvalue weighted by molar-refractivity contribution is 6.29. The van der Waals surface area contributed by atoms with Crippen LogP contribution in [0, 0.1) is 11.8 Å². The van der Waals surface area contributed by atoms with Crippen molar-refractivity contribution in [3.8, 4) is 0 Å². The zero-order valence-electron chi connectivity index (χ0n) is 20.4. The molecular formula is C29H36ClN3O2. The van der Waals surface area contributed by atoms with Crippen LogP contribution in [0.5, 0.6) is 0 Å². The molecule has 1 amide bonds. The molecule has 3 fully saturated rings. The summed E-state index contributed by atoms with van der Waals surface area (Å²) in [5.41, 5.74) is 3.59. The zero-order chi connectivity index (χ0) is 23.8. The van der Waals surface area contributed by atoms with E-state index in [0.29, 0.717) is 22.9 Å². The van der Waals surface area contributed by atoms with Crippen molar-refractivity contribution in [3.05, 3.63) is 64.4 Å². The molecule has 1 unspecified atom stereocenters. The maximum atomic E-state index is 14.5. The summed E-state index contributed by atoms with van der Waals surface area (Å²) in [6.07, 6.45) is 7.24. The smallest absolute Gasteiger partial charge is 0.228 e. The average Bonchev–Trinajstić information content (AvgIpc) is 3.32. The number of likely N-dealkylation sites (tertiary alicyclic amines) is 1. The van der Waals surface area contributed by atoms with Crippen molar-refractivity contribution in [2.45, 2.75) is 62.3 Å². The lowest BCUT2D eigenvalue weighted by molar-refractivity contribution is -0.143. The molecule has 0 radical (unpaired) electrons. The van der Waals surface area contributed by atoms with Gasteiger partial charge < -0.3 is 15.0 Å². The lowest BCUT2D eigenvalue weighted by Gasteiger charge is -2.47. The SMILES string of the molecule is O=C([C@@H]1CNC[C@]12CCCc1nc(Cl)ccc12)N1CC[C@@H](c2ccccc2)CC1C1CCOCC1. The van der Waals surface area contributed by atoms with Crippen LogP contribution in [0.25, 0.3) is 0 Å². The van der Waals surface area contributed by atoms with Gasteiger partial charge in [-0.3, -0.25) is 4.79 Å². The number of aromatic nitrogens is 1. The Balaban J connectivity index is 1.30. The molecule has 186 valence electrons. The van der Waals surface area contributed by atoms with Crippen molar-refractivity contribution in [1.29, 1.82) is 0 Å². The number of hydrogen-bond acceptors (Lipinski definition) is 4. The molecule has 4 aliphatic rings. The van der Waals surface area contributed by atoms with Gasteiger partial charge in [0.1, 0.15) is 5.15 Å². The van der Waals surface area contributed by atoms with Gasteiger partial charge in [-0.05, 0) is 74.0 Å². The van der Waals surface area contributed by atoms with Crippen LogP contribution in [0.3, 0.4) is 0 Å². The summed E-state index contributed by atoms with van der Waals surface area (Å²) in [6.45, 7) is 4.07. The number of ether oxygens (including phenoxy) is 1. The molecule has 6 heteroatoms. The van der Waals surface area contributed by atoms with E-state index in [1.807, 2.05) is 6.07 Å². The van der Waals surface area contributed by atoms with Crippen LogP contribution in [-0.2, 0) is 21.4 Å². The van der Waals surface area contributed by atoms with E-state index >= 15 is 0 Å². The Morgan fingerprint density at radius 3 is 2.77 bits per heavy atom. The number of nitrogens with one attached hydrogen (secondary N) is 1. The number of amides is 1. The molecule has 3 aliphatic heterocycles. The van der Waals surface area contributed by atoms with E-state index < -0.39 is 0 Å². The van der Waals surface area contributed by atoms with Gasteiger partial charge in [-0.2, -0.15) is 0 Å². The molecule has 1 N–H and O–H groups in total. The quantitative estimate of drug-likeness (QED) is 0.628. The maximum Gasteiger partial charge on any atom is 0.228 e. The Bertz CT molecular complexity index is 1060. The van der Waals surface area contributed by atoms with E-state index in [0.717, 1.165) is 83.5 Å². The highest BCUT2D eigenvalue weighted by Crippen LogP contribution is 2.47. The summed E-state index contributed by atoms with van der Waals surface area (Å²) in [5, 5.41) is 4.16. The van der Waals surface area contributed by atoms with Crippen LogP contribution < -0.4 is 5.32 Å². The molecule has 0 bridgehead atoms. The second kappa shape index (κ2) is 9.84. The van der Waals surface area contributed by atoms with E-state index in [9.17, 15) is 4.79 Å². The van der Waals surface area contributed by atoms with Crippen LogP contribution in [0.2, 0.25) is 5.15 Å². The molecule has 4 atom stereocenters. The van der Waals surface area contributed by atoms with Gasteiger partial charge in [-0.15, -0.1) is 0 Å². The number of nitrogens with zero attached hydrogens (tertiary/aromatic N) is 2. The minimum absolute atomic E-state index is 0.0415. The lowest BCUT2D eigenvalue weighted by atomic mass is 9.65. The fourth-order valence-electron chi connectivity index (χ4n) is 7.50. The van der Waals surface area contributed by atoms with Crippen LogP contribution in [0.4, 0.5) is 0 Å². The van der Waals surface area contributed by atoms with Gasteiger partial charge in [0.25, 0.3) is 0 Å². The third kappa shape index (κ3) is 4.30. The molecule has 4 heterocycles. The highest BCUT2D eigenvalue weighted by atomic mass is 35.5. The number of aryl methyl sites for hydroxylation is 1. The van der Waals surface area contributed by atoms with Gasteiger partial charge >= 0.3 is 0 Å². The molecule has 1 spiro atoms. The predicted molar refractivity (Wildman–Crippen MR) is 138 cm³/mol. The van der Waals surface area contributed by atoms with Crippen LogP contribution in [0.15, 0.2) is 42.5 Å². The molecule has 35 heavy (non-hydrogen) atoms. The van der Waals surface area contributed by atoms with Crippen molar-refractivity contribution in [2.24, 2.45) is 11.8 Å². The Labute approximate surface area is 213 Å². The van der Waals surface area contributed by atoms with Gasteiger partial charge in [0.05, 0.1) is 5.92 Å². The molecule has 3 saturated heterocycles. The first-order valence-corrected chi connectivity index (χ1v) is 13.8. The summed E-state index contributed by atoms with van der Waals surface area (Å²) in [5.74, 6) is 1.34. The van der Waals surface area contributed by atoms with Gasteiger partial charge in [0.15, 0.2) is 0 Å². The van der Waals surface area contributed by atoms with E-state index in [1.54, 1.807) is 0 Å². The summed E-state index contributed by atoms with van der Waals surface area (Å²) in [4.78, 5) is 21.4. The third-order valence-corrected chi connectivity index (χ3v) is 9.49. The molecule has 2 aromatic rings. The number of carbonyl (C=O) groups is 1. The number of rotatable bonds is 3. The number of hydrogen-bond donors (Lipinski definition) is 1. The predicted octanol–water partition coefficient (Wildman–Crippen LogP) is 4.73. The molecule has 5 nitrogen and oxygen atoms in total. The Morgan fingerprint density at radius 2 is 1.94 bits per heavy atom. The fourth-order valence-corrected chi connectivity index (χ4v) is 7.66. The minimum Gasteiger partial charge on any atom is -0.381 e. The van der Waals surface area contributed by atoms with Crippen molar-refractivity contribution in [1.82, 2.24) is 15.2 Å². The van der Waals surface area contributed by atoms with Gasteiger partial charge in [-0.25, -0.2) is 4.98 Å². The van der Waals surface area contributed by atoms with Crippen molar-refractivity contribution < 1.29 is 9.53 Å². The standard InChI is InChI=1S/C29H36ClN3O2/c30-27-9-8-23-25(32-27)7-4-13-29(23)19-31-18-24(29)28(34)33-14-10-22(20-5-2-1-3-6-20)17-26(33)21-11-15-35-16-12-21/h1-3,5-6,8-9,21-22,24,26,31H,4,7,10-19H2/t22-,24+,26?,29+/m1/s1. The van der Waals surface area contributed by atoms with Crippen molar-refractivity contribution in [3.63, 3.8) is 0 Å². The largest absolute Gasteiger partial charge is 0.381 e. The summed E-state index contributed by atoms with van der Waals surface area (Å²) in [6, 6.07) is 15.2. The van der Waals surface area contributed by atoms with Crippen molar-refractivity contribution >= 4 is 17.5 Å². The normalized spacial score (nSPS) is 31.5. The third-order valence-electron chi connectivity index (χ3n) is 9.28. The first kappa shape index (κ1) is 23.4. The van der Waals surface area contributed by atoms with Crippen LogP contribution in [-0.4, -0.2) is 54.7 Å². The molecule has 1 aromatic carbocycles. The van der Waals surface area contributed by atoms with E-state index in [1.165, 1.54) is 11.1 Å². The Kier molecular flexibility index (Phi) is 6.59. The van der Waals surface area contributed by atoms with Crippen LogP contribution in [0.1, 0.15) is 61.3 Å². The van der Waals surface area contributed by atoms with Crippen LogP contribution >= 0.6 is 11.6 Å². The lowest BCUT2D eigenvalue weighted by Crippen LogP contribution is -2.55. The second-order valence-corrected chi connectivity index (χ2v) is 11.4. The number of carbonyl (C=O) groups excluding carboxylic acids is 1. The topological polar surface area (TPSA) is 54.5 Å². The second-order valence-electron chi connectivity index (χ2n) is 11.0. The van der Waals surface area contributed by atoms with E-state index in [2.05, 4.69) is 51.6 Å². The number of piperidine rings is 1. The summed E-state index contributed by atoms with van der Waals surface area (Å²) in [7, 11) is 0. The minimum atomic E-state index is -0.168.